The van der Waals surface area contributed by atoms with Crippen molar-refractivity contribution >= 4 is 29.7 Å². The summed E-state index contributed by atoms with van der Waals surface area (Å²) < 4.78 is 5.28. The van der Waals surface area contributed by atoms with Gasteiger partial charge in [-0.15, -0.1) is 0 Å². The highest BCUT2D eigenvalue weighted by molar-refractivity contribution is 5.92. The van der Waals surface area contributed by atoms with Gasteiger partial charge in [0.15, 0.2) is 0 Å². The first-order chi connectivity index (χ1) is 15.7. The molecule has 2 saturated heterocycles. The summed E-state index contributed by atoms with van der Waals surface area (Å²) in [5, 5.41) is 19.0. The Morgan fingerprint density at radius 3 is 2.24 bits per heavy atom. The third-order valence-corrected chi connectivity index (χ3v) is 5.93. The minimum absolute atomic E-state index is 0.101. The molecule has 0 saturated carbocycles. The number of likely N-dealkylation sites (tertiary alicyclic amines) is 1. The molecule has 2 aliphatic heterocycles. The van der Waals surface area contributed by atoms with E-state index in [1.807, 2.05) is 30.3 Å². The van der Waals surface area contributed by atoms with E-state index in [4.69, 9.17) is 4.74 Å². The molecule has 0 aliphatic carbocycles. The van der Waals surface area contributed by atoms with Crippen molar-refractivity contribution in [1.82, 2.24) is 20.2 Å². The van der Waals surface area contributed by atoms with E-state index in [2.05, 4.69) is 4.90 Å². The molecule has 2 aliphatic rings. The summed E-state index contributed by atoms with van der Waals surface area (Å²) in [4.78, 5) is 55.4. The van der Waals surface area contributed by atoms with Gasteiger partial charge in [0.1, 0.15) is 12.1 Å². The van der Waals surface area contributed by atoms with Crippen molar-refractivity contribution in [1.29, 1.82) is 0 Å². The second kappa shape index (κ2) is 10.4. The van der Waals surface area contributed by atoms with Crippen molar-refractivity contribution in [2.45, 2.75) is 18.6 Å². The summed E-state index contributed by atoms with van der Waals surface area (Å²) in [6.45, 7) is 1.55. The van der Waals surface area contributed by atoms with Crippen molar-refractivity contribution < 1.29 is 34.2 Å². The van der Waals surface area contributed by atoms with Crippen LogP contribution in [0, 0.1) is 5.92 Å². The maximum absolute atomic E-state index is 13.4. The van der Waals surface area contributed by atoms with Crippen LogP contribution in [0.15, 0.2) is 30.3 Å². The van der Waals surface area contributed by atoms with E-state index in [1.54, 1.807) is 0 Å². The standard InChI is InChI=1S/C21H29N5O7/c1-23(2)21(31)33-15-12-16(18(27)22-32)17(26(13-15)20(29)30)19(28)25-10-8-24(9-11-25)14-6-4-3-5-7-14/h3-7,15-17,32H,8-13H2,1-2H3,(H,22,27)(H,29,30)/t15-,16?,17?/m0/s1. The first-order valence-corrected chi connectivity index (χ1v) is 10.6. The molecule has 2 heterocycles. The molecule has 4 amide bonds. The van der Waals surface area contributed by atoms with E-state index in [0.29, 0.717) is 26.2 Å². The third kappa shape index (κ3) is 5.45. The van der Waals surface area contributed by atoms with Crippen molar-refractivity contribution in [3.05, 3.63) is 30.3 Å². The zero-order chi connectivity index (χ0) is 24.1. The van der Waals surface area contributed by atoms with Crippen molar-refractivity contribution in [3.63, 3.8) is 0 Å². The molecule has 0 bridgehead atoms. The van der Waals surface area contributed by atoms with Gasteiger partial charge in [0, 0.05) is 52.4 Å². The maximum Gasteiger partial charge on any atom is 0.409 e. The smallest absolute Gasteiger partial charge is 0.409 e. The fourth-order valence-electron chi connectivity index (χ4n) is 4.22. The number of anilines is 1. The van der Waals surface area contributed by atoms with Gasteiger partial charge in [-0.1, -0.05) is 18.2 Å². The highest BCUT2D eigenvalue weighted by Gasteiger charge is 2.49. The predicted octanol–water partition coefficient (Wildman–Crippen LogP) is 0.276. The highest BCUT2D eigenvalue weighted by atomic mass is 16.6. The van der Waals surface area contributed by atoms with Crippen LogP contribution in [0.25, 0.3) is 0 Å². The average Bonchev–Trinajstić information content (AvgIpc) is 2.83. The van der Waals surface area contributed by atoms with Gasteiger partial charge in [-0.05, 0) is 12.1 Å². The number of ether oxygens (including phenoxy) is 1. The van der Waals surface area contributed by atoms with E-state index in [9.17, 15) is 29.5 Å². The van der Waals surface area contributed by atoms with Gasteiger partial charge in [-0.3, -0.25) is 19.7 Å². The molecule has 0 radical (unpaired) electrons. The van der Waals surface area contributed by atoms with Crippen LogP contribution in [0.5, 0.6) is 0 Å². The molecule has 0 spiro atoms. The van der Waals surface area contributed by atoms with Crippen LogP contribution in [0.1, 0.15) is 6.42 Å². The molecule has 1 aromatic carbocycles. The van der Waals surface area contributed by atoms with Gasteiger partial charge in [0.05, 0.1) is 12.5 Å². The monoisotopic (exact) mass is 463 g/mol. The van der Waals surface area contributed by atoms with Gasteiger partial charge in [0.25, 0.3) is 0 Å². The molecule has 180 valence electrons. The number of hydrogen-bond acceptors (Lipinski definition) is 7. The lowest BCUT2D eigenvalue weighted by Gasteiger charge is -2.44. The molecule has 2 unspecified atom stereocenters. The normalized spacial score (nSPS) is 23.0. The van der Waals surface area contributed by atoms with E-state index >= 15 is 0 Å². The van der Waals surface area contributed by atoms with E-state index in [0.717, 1.165) is 10.6 Å². The summed E-state index contributed by atoms with van der Waals surface area (Å²) in [6.07, 6.45) is -3.17. The Balaban J connectivity index is 1.77. The number of nitrogens with zero attached hydrogens (tertiary/aromatic N) is 4. The quantitative estimate of drug-likeness (QED) is 0.427. The van der Waals surface area contributed by atoms with E-state index in [1.165, 1.54) is 29.4 Å². The third-order valence-electron chi connectivity index (χ3n) is 5.93. The Hall–Kier alpha value is -3.54. The number of carbonyl (C=O) groups is 4. The minimum atomic E-state index is -1.42. The van der Waals surface area contributed by atoms with Gasteiger partial charge in [-0.2, -0.15) is 0 Å². The van der Waals surface area contributed by atoms with Crippen LogP contribution in [-0.4, -0.2) is 108 Å². The Kier molecular flexibility index (Phi) is 7.59. The van der Waals surface area contributed by atoms with Crippen LogP contribution in [0.2, 0.25) is 0 Å². The van der Waals surface area contributed by atoms with Gasteiger partial charge >= 0.3 is 12.2 Å². The van der Waals surface area contributed by atoms with Crippen LogP contribution in [-0.2, 0) is 14.3 Å². The van der Waals surface area contributed by atoms with Crippen LogP contribution < -0.4 is 10.4 Å². The second-order valence-electron chi connectivity index (χ2n) is 8.25. The summed E-state index contributed by atoms with van der Waals surface area (Å²) >= 11 is 0. The molecular formula is C21H29N5O7. The first-order valence-electron chi connectivity index (χ1n) is 10.6. The number of benzene rings is 1. The Bertz CT molecular complexity index is 873. The summed E-state index contributed by atoms with van der Waals surface area (Å²) in [5.41, 5.74) is 2.54. The zero-order valence-corrected chi connectivity index (χ0v) is 18.6. The molecule has 12 heteroatoms. The number of piperidine rings is 1. The number of carboxylic acid groups (broad SMARTS) is 1. The van der Waals surface area contributed by atoms with Crippen molar-refractivity contribution in [2.75, 3.05) is 51.7 Å². The van der Waals surface area contributed by atoms with E-state index < -0.39 is 42.1 Å². The van der Waals surface area contributed by atoms with Crippen LogP contribution in [0.4, 0.5) is 15.3 Å². The fourth-order valence-corrected chi connectivity index (χ4v) is 4.22. The molecule has 33 heavy (non-hydrogen) atoms. The number of piperazine rings is 1. The molecule has 3 atom stereocenters. The molecule has 0 aromatic heterocycles. The molecule has 12 nitrogen and oxygen atoms in total. The summed E-state index contributed by atoms with van der Waals surface area (Å²) in [5.74, 6) is -2.65. The van der Waals surface area contributed by atoms with Gasteiger partial charge in [-0.25, -0.2) is 15.1 Å². The number of para-hydroxylation sites is 1. The number of amides is 4. The molecule has 3 rings (SSSR count). The molecule has 1 aromatic rings. The number of hydrogen-bond donors (Lipinski definition) is 3. The van der Waals surface area contributed by atoms with Crippen LogP contribution >= 0.6 is 0 Å². The second-order valence-corrected chi connectivity index (χ2v) is 8.25. The maximum atomic E-state index is 13.4. The summed E-state index contributed by atoms with van der Waals surface area (Å²) in [7, 11) is 2.94. The van der Waals surface area contributed by atoms with Gasteiger partial charge < -0.3 is 24.5 Å². The predicted molar refractivity (Wildman–Crippen MR) is 116 cm³/mol. The fraction of sp³-hybridized carbons (Fsp3) is 0.524. The number of nitrogens with one attached hydrogen (secondary N) is 1. The lowest BCUT2D eigenvalue weighted by atomic mass is 9.86. The van der Waals surface area contributed by atoms with E-state index in [-0.39, 0.29) is 13.0 Å². The highest BCUT2D eigenvalue weighted by Crippen LogP contribution is 2.29. The zero-order valence-electron chi connectivity index (χ0n) is 18.6. The average molecular weight is 463 g/mol. The number of carbonyl (C=O) groups excluding carboxylic acids is 3. The minimum Gasteiger partial charge on any atom is -0.465 e. The number of hydroxylamine groups is 1. The van der Waals surface area contributed by atoms with Gasteiger partial charge in [0.2, 0.25) is 11.8 Å². The van der Waals surface area contributed by atoms with Crippen LogP contribution in [0.3, 0.4) is 0 Å². The lowest BCUT2D eigenvalue weighted by Crippen LogP contribution is -2.64. The summed E-state index contributed by atoms with van der Waals surface area (Å²) in [6, 6.07) is 8.38. The first kappa shape index (κ1) is 24.1. The Labute approximate surface area is 191 Å². The molecular weight excluding hydrogens is 434 g/mol. The largest absolute Gasteiger partial charge is 0.465 e. The van der Waals surface area contributed by atoms with Crippen molar-refractivity contribution in [2.24, 2.45) is 5.92 Å². The number of rotatable bonds is 4. The lowest BCUT2D eigenvalue weighted by molar-refractivity contribution is -0.151. The Morgan fingerprint density at radius 2 is 1.70 bits per heavy atom. The topological polar surface area (TPSA) is 143 Å². The van der Waals surface area contributed by atoms with Crippen molar-refractivity contribution in [3.8, 4) is 0 Å². The molecule has 3 N–H and O–H groups in total. The SMILES string of the molecule is CN(C)C(=O)O[C@H]1CC(C(=O)NO)C(C(=O)N2CCN(c3ccccc3)CC2)N(C(=O)O)C1. The molecule has 2 fully saturated rings. The Morgan fingerprint density at radius 1 is 1.06 bits per heavy atom.